The lowest BCUT2D eigenvalue weighted by Gasteiger charge is -2.32. The van der Waals surface area contributed by atoms with Gasteiger partial charge in [0.05, 0.1) is 6.10 Å². The minimum atomic E-state index is 0.471. The fraction of sp³-hybridized carbons (Fsp3) is 0.857. The van der Waals surface area contributed by atoms with E-state index in [1.165, 1.54) is 109 Å². The van der Waals surface area contributed by atoms with Crippen molar-refractivity contribution in [1.82, 2.24) is 14.9 Å². The molecule has 2 rings (SSSR count). The van der Waals surface area contributed by atoms with E-state index in [9.17, 15) is 0 Å². The van der Waals surface area contributed by atoms with Gasteiger partial charge in [-0.1, -0.05) is 66.2 Å². The average Bonchev–Trinajstić information content (AvgIpc) is 2.82. The largest absolute Gasteiger partial charge is 0.378 e. The van der Waals surface area contributed by atoms with Crippen molar-refractivity contribution in [2.75, 3.05) is 26.2 Å². The Kier molecular flexibility index (Phi) is 14.1. The molecular weight excluding hydrogens is 394 g/mol. The van der Waals surface area contributed by atoms with Gasteiger partial charge in [0.15, 0.2) is 0 Å². The van der Waals surface area contributed by atoms with E-state index < -0.39 is 0 Å². The number of hydrogen-bond donors (Lipinski definition) is 0. The number of nitrogens with zero attached hydrogens (tertiary/aromatic N) is 3. The Bertz CT molecular complexity index is 569. The van der Waals surface area contributed by atoms with Crippen LogP contribution in [0.3, 0.4) is 0 Å². The summed E-state index contributed by atoms with van der Waals surface area (Å²) in [7, 11) is 0. The first-order valence-electron chi connectivity index (χ1n) is 13.8. The Hall–Kier alpha value is -1.00. The Morgan fingerprint density at radius 3 is 2.22 bits per heavy atom. The standard InChI is InChI=1S/C28H51N3O/c1-5-8-10-15-27(14-9-6-2)32-21-12-11-18-31-19-16-25(17-20-31)26-22-29-28(30-23-26)24(4)13-7-3/h22-25,27H,5-21H2,1-4H3. The van der Waals surface area contributed by atoms with E-state index >= 15 is 0 Å². The summed E-state index contributed by atoms with van der Waals surface area (Å²) in [6.07, 6.45) is 21.0. The van der Waals surface area contributed by atoms with Crippen LogP contribution >= 0.6 is 0 Å². The van der Waals surface area contributed by atoms with Crippen LogP contribution < -0.4 is 0 Å². The molecule has 2 atom stereocenters. The van der Waals surface area contributed by atoms with Gasteiger partial charge in [-0.05, 0) is 76.1 Å². The van der Waals surface area contributed by atoms with Crippen LogP contribution in [0.4, 0.5) is 0 Å². The normalized spacial score (nSPS) is 17.5. The number of likely N-dealkylation sites (tertiary alicyclic amines) is 1. The van der Waals surface area contributed by atoms with Gasteiger partial charge in [0.25, 0.3) is 0 Å². The van der Waals surface area contributed by atoms with Gasteiger partial charge in [0.1, 0.15) is 5.82 Å². The molecule has 0 bridgehead atoms. The van der Waals surface area contributed by atoms with Gasteiger partial charge in [0.2, 0.25) is 0 Å². The van der Waals surface area contributed by atoms with Crippen molar-refractivity contribution in [3.05, 3.63) is 23.8 Å². The van der Waals surface area contributed by atoms with E-state index in [1.807, 2.05) is 0 Å². The zero-order valence-corrected chi connectivity index (χ0v) is 21.7. The number of aromatic nitrogens is 2. The van der Waals surface area contributed by atoms with Gasteiger partial charge in [-0.15, -0.1) is 0 Å². The van der Waals surface area contributed by atoms with Crippen molar-refractivity contribution < 1.29 is 4.74 Å². The molecule has 1 aliphatic heterocycles. The number of hydrogen-bond acceptors (Lipinski definition) is 4. The third-order valence-corrected chi connectivity index (χ3v) is 7.14. The first-order chi connectivity index (χ1) is 15.7. The van der Waals surface area contributed by atoms with Crippen LogP contribution in [0.5, 0.6) is 0 Å². The Morgan fingerprint density at radius 2 is 1.56 bits per heavy atom. The predicted molar refractivity (Wildman–Crippen MR) is 136 cm³/mol. The van der Waals surface area contributed by atoms with Gasteiger partial charge in [-0.3, -0.25) is 0 Å². The summed E-state index contributed by atoms with van der Waals surface area (Å²) in [4.78, 5) is 12.0. The van der Waals surface area contributed by atoms with Gasteiger partial charge < -0.3 is 9.64 Å². The molecule has 1 aromatic heterocycles. The molecule has 2 unspecified atom stereocenters. The zero-order valence-electron chi connectivity index (χ0n) is 21.7. The van der Waals surface area contributed by atoms with E-state index in [4.69, 9.17) is 4.74 Å². The van der Waals surface area contributed by atoms with Gasteiger partial charge in [0, 0.05) is 24.9 Å². The van der Waals surface area contributed by atoms with E-state index in [0.717, 1.165) is 12.4 Å². The molecule has 0 spiro atoms. The fourth-order valence-electron chi connectivity index (χ4n) is 4.92. The predicted octanol–water partition coefficient (Wildman–Crippen LogP) is 7.50. The molecule has 1 aliphatic rings. The van der Waals surface area contributed by atoms with Gasteiger partial charge in [-0.25, -0.2) is 9.97 Å². The summed E-state index contributed by atoms with van der Waals surface area (Å²) >= 11 is 0. The molecule has 1 aromatic rings. The molecule has 4 heteroatoms. The maximum Gasteiger partial charge on any atom is 0.131 e. The third-order valence-electron chi connectivity index (χ3n) is 7.14. The Labute approximate surface area is 198 Å². The molecule has 0 aliphatic carbocycles. The van der Waals surface area contributed by atoms with E-state index in [0.29, 0.717) is 17.9 Å². The molecule has 32 heavy (non-hydrogen) atoms. The number of piperidine rings is 1. The SMILES string of the molecule is CCCCCC(CCCC)OCCCCN1CCC(c2cnc(C(C)CCC)nc2)CC1. The van der Waals surface area contributed by atoms with Gasteiger partial charge in [-0.2, -0.15) is 0 Å². The molecule has 0 saturated carbocycles. The minimum absolute atomic E-state index is 0.471. The van der Waals surface area contributed by atoms with Crippen LogP contribution in [0.25, 0.3) is 0 Å². The average molecular weight is 446 g/mol. The van der Waals surface area contributed by atoms with E-state index in [1.54, 1.807) is 0 Å². The second-order valence-electron chi connectivity index (χ2n) is 10.0. The molecule has 4 nitrogen and oxygen atoms in total. The molecular formula is C28H51N3O. The molecule has 0 amide bonds. The van der Waals surface area contributed by atoms with Crippen LogP contribution in [0, 0.1) is 0 Å². The fourth-order valence-corrected chi connectivity index (χ4v) is 4.92. The summed E-state index contributed by atoms with van der Waals surface area (Å²) in [5, 5.41) is 0. The topological polar surface area (TPSA) is 38.2 Å². The second kappa shape index (κ2) is 16.6. The molecule has 184 valence electrons. The van der Waals surface area contributed by atoms with Crippen molar-refractivity contribution in [2.24, 2.45) is 0 Å². The maximum atomic E-state index is 6.26. The van der Waals surface area contributed by atoms with Gasteiger partial charge >= 0.3 is 0 Å². The van der Waals surface area contributed by atoms with E-state index in [-0.39, 0.29) is 0 Å². The van der Waals surface area contributed by atoms with Crippen molar-refractivity contribution in [3.63, 3.8) is 0 Å². The monoisotopic (exact) mass is 445 g/mol. The first kappa shape index (κ1) is 27.2. The van der Waals surface area contributed by atoms with Crippen molar-refractivity contribution in [1.29, 1.82) is 0 Å². The number of ether oxygens (including phenoxy) is 1. The van der Waals surface area contributed by atoms with Crippen LogP contribution in [0.15, 0.2) is 12.4 Å². The van der Waals surface area contributed by atoms with Crippen molar-refractivity contribution in [2.45, 2.75) is 129 Å². The zero-order chi connectivity index (χ0) is 23.0. The maximum absolute atomic E-state index is 6.26. The smallest absolute Gasteiger partial charge is 0.131 e. The highest BCUT2D eigenvalue weighted by atomic mass is 16.5. The van der Waals surface area contributed by atoms with Crippen LogP contribution in [-0.2, 0) is 4.74 Å². The summed E-state index contributed by atoms with van der Waals surface area (Å²) in [6, 6.07) is 0. The lowest BCUT2D eigenvalue weighted by Crippen LogP contribution is -2.34. The van der Waals surface area contributed by atoms with Crippen LogP contribution in [0.1, 0.15) is 134 Å². The molecule has 0 aromatic carbocycles. The highest BCUT2D eigenvalue weighted by molar-refractivity contribution is 5.14. The Balaban J connectivity index is 1.60. The first-order valence-corrected chi connectivity index (χ1v) is 13.8. The summed E-state index contributed by atoms with van der Waals surface area (Å²) in [5.41, 5.74) is 1.34. The van der Waals surface area contributed by atoms with Crippen molar-refractivity contribution >= 4 is 0 Å². The summed E-state index contributed by atoms with van der Waals surface area (Å²) < 4.78 is 6.26. The minimum Gasteiger partial charge on any atom is -0.378 e. The van der Waals surface area contributed by atoms with Crippen LogP contribution in [0.2, 0.25) is 0 Å². The molecule has 0 N–H and O–H groups in total. The number of rotatable bonds is 17. The quantitative estimate of drug-likeness (QED) is 0.233. The lowest BCUT2D eigenvalue weighted by molar-refractivity contribution is 0.0349. The van der Waals surface area contributed by atoms with Crippen molar-refractivity contribution in [3.8, 4) is 0 Å². The summed E-state index contributed by atoms with van der Waals surface area (Å²) in [6.45, 7) is 13.6. The van der Waals surface area contributed by atoms with Crippen LogP contribution in [-0.4, -0.2) is 47.2 Å². The lowest BCUT2D eigenvalue weighted by atomic mass is 9.91. The number of unbranched alkanes of at least 4 members (excludes halogenated alkanes) is 4. The molecule has 0 radical (unpaired) electrons. The molecule has 1 saturated heterocycles. The highest BCUT2D eigenvalue weighted by Gasteiger charge is 2.21. The Morgan fingerprint density at radius 1 is 0.875 bits per heavy atom. The molecule has 1 fully saturated rings. The molecule has 2 heterocycles. The van der Waals surface area contributed by atoms with E-state index in [2.05, 4.69) is 55.0 Å². The third kappa shape index (κ3) is 10.3. The second-order valence-corrected chi connectivity index (χ2v) is 10.0. The highest BCUT2D eigenvalue weighted by Crippen LogP contribution is 2.28. The summed E-state index contributed by atoms with van der Waals surface area (Å²) in [5.74, 6) is 2.11.